The van der Waals surface area contributed by atoms with Gasteiger partial charge in [-0.15, -0.1) is 0 Å². The van der Waals surface area contributed by atoms with Crippen LogP contribution < -0.4 is 10.6 Å². The summed E-state index contributed by atoms with van der Waals surface area (Å²) in [5.41, 5.74) is 7.11. The summed E-state index contributed by atoms with van der Waals surface area (Å²) in [5.74, 6) is 0.652. The minimum Gasteiger partial charge on any atom is -0.378 e. The predicted octanol–water partition coefficient (Wildman–Crippen LogP) is 8.09. The van der Waals surface area contributed by atoms with Crippen LogP contribution in [0.3, 0.4) is 0 Å². The molecule has 0 aliphatic carbocycles. The van der Waals surface area contributed by atoms with Gasteiger partial charge in [0.2, 0.25) is 0 Å². The highest BCUT2D eigenvalue weighted by molar-refractivity contribution is 9.10. The highest BCUT2D eigenvalue weighted by atomic mass is 79.9. The van der Waals surface area contributed by atoms with Crippen molar-refractivity contribution in [3.05, 3.63) is 105 Å². The lowest BCUT2D eigenvalue weighted by atomic mass is 9.98. The lowest BCUT2D eigenvalue weighted by molar-refractivity contribution is 0.618. The third-order valence-electron chi connectivity index (χ3n) is 6.81. The second-order valence-corrected chi connectivity index (χ2v) is 11.1. The first-order valence-electron chi connectivity index (χ1n) is 12.4. The minimum atomic E-state index is -0.256. The fraction of sp³-hybridized carbons (Fsp3) is 0.172. The number of nitrogens with one attached hydrogen (secondary N) is 2. The second-order valence-electron chi connectivity index (χ2n) is 9.29. The van der Waals surface area contributed by atoms with Crippen LogP contribution in [0.15, 0.2) is 77.3 Å². The molecule has 0 saturated heterocycles. The van der Waals surface area contributed by atoms with E-state index < -0.39 is 0 Å². The van der Waals surface area contributed by atoms with Gasteiger partial charge < -0.3 is 15.2 Å². The van der Waals surface area contributed by atoms with Crippen molar-refractivity contribution in [3.8, 4) is 11.1 Å². The molecule has 0 fully saturated rings. The maximum Gasteiger partial charge on any atom is 0.150 e. The molecule has 5 aromatic rings. The molecule has 0 bridgehead atoms. The molecule has 3 heterocycles. The van der Waals surface area contributed by atoms with Crippen molar-refractivity contribution >= 4 is 61.8 Å². The average Bonchev–Trinajstić information content (AvgIpc) is 3.32. The Morgan fingerprint density at radius 3 is 2.42 bits per heavy atom. The molecule has 2 N–H and O–H groups in total. The van der Waals surface area contributed by atoms with E-state index in [0.717, 1.165) is 69.9 Å². The van der Waals surface area contributed by atoms with E-state index in [1.807, 2.05) is 28.8 Å². The number of rotatable bonds is 6. The van der Waals surface area contributed by atoms with Crippen LogP contribution in [0.2, 0.25) is 5.02 Å². The first kappa shape index (κ1) is 25.1. The average molecular weight is 609 g/mol. The summed E-state index contributed by atoms with van der Waals surface area (Å²) < 4.78 is 18.7. The first-order chi connectivity index (χ1) is 18.5. The van der Waals surface area contributed by atoms with Crippen molar-refractivity contribution in [1.82, 2.24) is 14.2 Å². The molecular weight excluding hydrogens is 585 g/mol. The molecule has 2 aromatic heterocycles. The molecular formula is C29H24BrClFN5S. The molecule has 0 amide bonds. The highest BCUT2D eigenvalue weighted by Gasteiger charge is 2.29. The Morgan fingerprint density at radius 2 is 1.68 bits per heavy atom. The molecule has 192 valence electrons. The fourth-order valence-electron chi connectivity index (χ4n) is 5.04. The van der Waals surface area contributed by atoms with E-state index in [4.69, 9.17) is 28.9 Å². The number of thiocarbonyl (C=S) groups is 1. The third-order valence-corrected chi connectivity index (χ3v) is 7.88. The van der Waals surface area contributed by atoms with Crippen molar-refractivity contribution in [2.24, 2.45) is 0 Å². The molecule has 6 rings (SSSR count). The molecule has 3 aromatic carbocycles. The van der Waals surface area contributed by atoms with Gasteiger partial charge in [-0.1, -0.05) is 51.9 Å². The Kier molecular flexibility index (Phi) is 6.95. The van der Waals surface area contributed by atoms with Crippen LogP contribution in [-0.2, 0) is 19.5 Å². The quantitative estimate of drug-likeness (QED) is 0.191. The maximum atomic E-state index is 13.4. The van der Waals surface area contributed by atoms with E-state index >= 15 is 0 Å². The van der Waals surface area contributed by atoms with E-state index in [1.165, 1.54) is 17.7 Å². The lowest BCUT2D eigenvalue weighted by Crippen LogP contribution is -2.15. The first-order valence-corrected chi connectivity index (χ1v) is 14.0. The summed E-state index contributed by atoms with van der Waals surface area (Å²) in [7, 11) is 0. The Balaban J connectivity index is 1.48. The van der Waals surface area contributed by atoms with Crippen molar-refractivity contribution in [2.45, 2.75) is 32.4 Å². The van der Waals surface area contributed by atoms with Crippen LogP contribution in [-0.4, -0.2) is 19.2 Å². The van der Waals surface area contributed by atoms with Gasteiger partial charge in [-0.3, -0.25) is 0 Å². The Morgan fingerprint density at radius 1 is 0.974 bits per heavy atom. The fourth-order valence-corrected chi connectivity index (χ4v) is 5.74. The molecule has 1 aliphatic heterocycles. The Labute approximate surface area is 238 Å². The molecule has 0 radical (unpaired) electrons. The smallest absolute Gasteiger partial charge is 0.150 e. The standard InChI is InChI=1S/C29H24BrClFN5S/c30-19-6-4-18(5-7-19)26-24-3-1-2-16-36-25(17-33-22-14-10-21(32)11-15-22)35-37(29(24)36)27(26)28(38)34-23-12-8-20(31)9-13-23/h4-15,33H,1-3,16-17H2,(H,34,38). The van der Waals surface area contributed by atoms with Gasteiger partial charge in [0, 0.05) is 38.5 Å². The zero-order valence-electron chi connectivity index (χ0n) is 20.3. The molecule has 0 unspecified atom stereocenters. The topological polar surface area (TPSA) is 46.3 Å². The molecule has 0 spiro atoms. The summed E-state index contributed by atoms with van der Waals surface area (Å²) in [6.07, 6.45) is 3.08. The number of hydrogen-bond donors (Lipinski definition) is 2. The van der Waals surface area contributed by atoms with E-state index in [1.54, 1.807) is 12.1 Å². The summed E-state index contributed by atoms with van der Waals surface area (Å²) in [6, 6.07) is 22.3. The molecule has 5 nitrogen and oxygen atoms in total. The van der Waals surface area contributed by atoms with Crippen molar-refractivity contribution in [2.75, 3.05) is 10.6 Å². The maximum absolute atomic E-state index is 13.4. The SMILES string of the molecule is Fc1ccc(NCc2nn3c(C(=S)Nc4ccc(Cl)cc4)c(-c4ccc(Br)cc4)c4c3n2CCCC4)cc1. The highest BCUT2D eigenvalue weighted by Crippen LogP contribution is 2.38. The number of hydrogen-bond acceptors (Lipinski definition) is 3. The number of aryl methyl sites for hydroxylation is 2. The second kappa shape index (κ2) is 10.5. The van der Waals surface area contributed by atoms with Gasteiger partial charge in [-0.05, 0) is 85.5 Å². The molecule has 1 aliphatic rings. The van der Waals surface area contributed by atoms with Gasteiger partial charge in [0.25, 0.3) is 0 Å². The van der Waals surface area contributed by atoms with Crippen LogP contribution in [0.5, 0.6) is 0 Å². The zero-order valence-corrected chi connectivity index (χ0v) is 23.5. The van der Waals surface area contributed by atoms with Crippen molar-refractivity contribution in [1.29, 1.82) is 0 Å². The number of halogens is 3. The summed E-state index contributed by atoms with van der Waals surface area (Å²) >= 11 is 15.7. The van der Waals surface area contributed by atoms with Gasteiger partial charge in [-0.25, -0.2) is 8.91 Å². The zero-order chi connectivity index (χ0) is 26.2. The number of anilines is 2. The van der Waals surface area contributed by atoms with Gasteiger partial charge in [0.15, 0.2) is 5.82 Å². The van der Waals surface area contributed by atoms with Crippen molar-refractivity contribution < 1.29 is 4.39 Å². The van der Waals surface area contributed by atoms with E-state index in [2.05, 4.69) is 55.4 Å². The lowest BCUT2D eigenvalue weighted by Gasteiger charge is -2.12. The molecule has 0 saturated carbocycles. The third kappa shape index (κ3) is 4.84. The van der Waals surface area contributed by atoms with Gasteiger partial charge >= 0.3 is 0 Å². The van der Waals surface area contributed by atoms with E-state index in [9.17, 15) is 4.39 Å². The van der Waals surface area contributed by atoms with Gasteiger partial charge in [-0.2, -0.15) is 5.10 Å². The number of aromatic nitrogens is 3. The molecule has 0 atom stereocenters. The van der Waals surface area contributed by atoms with Crippen LogP contribution in [0.4, 0.5) is 15.8 Å². The molecule has 38 heavy (non-hydrogen) atoms. The Bertz CT molecular complexity index is 1630. The van der Waals surface area contributed by atoms with Crippen LogP contribution in [0.1, 0.15) is 29.9 Å². The summed E-state index contributed by atoms with van der Waals surface area (Å²) in [4.78, 5) is 0.592. The predicted molar refractivity (Wildman–Crippen MR) is 160 cm³/mol. The van der Waals surface area contributed by atoms with Gasteiger partial charge in [0.1, 0.15) is 22.1 Å². The van der Waals surface area contributed by atoms with Gasteiger partial charge in [0.05, 0.1) is 6.54 Å². The number of benzene rings is 3. The van der Waals surface area contributed by atoms with E-state index in [-0.39, 0.29) is 5.82 Å². The van der Waals surface area contributed by atoms with Crippen LogP contribution >= 0.6 is 39.7 Å². The van der Waals surface area contributed by atoms with Crippen LogP contribution in [0.25, 0.3) is 16.8 Å². The Hall–Kier alpha value is -3.20. The summed E-state index contributed by atoms with van der Waals surface area (Å²) in [6.45, 7) is 1.38. The number of nitrogens with zero attached hydrogens (tertiary/aromatic N) is 3. The minimum absolute atomic E-state index is 0.256. The largest absolute Gasteiger partial charge is 0.378 e. The van der Waals surface area contributed by atoms with E-state index in [0.29, 0.717) is 16.6 Å². The normalized spacial score (nSPS) is 12.9. The van der Waals surface area contributed by atoms with Crippen molar-refractivity contribution in [3.63, 3.8) is 0 Å². The monoisotopic (exact) mass is 607 g/mol. The molecule has 9 heteroatoms. The van der Waals surface area contributed by atoms with Crippen LogP contribution in [0, 0.1) is 5.82 Å². The summed E-state index contributed by atoms with van der Waals surface area (Å²) in [5, 5.41) is 12.6.